The third kappa shape index (κ3) is 4.54. The molecule has 138 valence electrons. The van der Waals surface area contributed by atoms with Crippen LogP contribution in [-0.4, -0.2) is 35.1 Å². The summed E-state index contributed by atoms with van der Waals surface area (Å²) < 4.78 is 76.6. The number of nitrogens with one attached hydrogen (secondary N) is 1. The number of carbonyl (C=O) groups is 2. The molecule has 0 aliphatic carbocycles. The Balaban J connectivity index is 2.24. The molecule has 0 aromatic heterocycles. The lowest BCUT2D eigenvalue weighted by molar-refractivity contribution is -0.143. The molecule has 0 spiro atoms. The highest BCUT2D eigenvalue weighted by Crippen LogP contribution is 2.37. The van der Waals surface area contributed by atoms with Crippen LogP contribution in [0.2, 0.25) is 0 Å². The first-order valence-electron chi connectivity index (χ1n) is 6.96. The molecule has 1 fully saturated rings. The van der Waals surface area contributed by atoms with Gasteiger partial charge in [-0.2, -0.15) is 26.3 Å². The molecule has 1 aliphatic rings. The minimum absolute atomic E-state index is 0.0356. The van der Waals surface area contributed by atoms with Gasteiger partial charge in [-0.05, 0) is 24.6 Å². The maximum absolute atomic E-state index is 12.8. The van der Waals surface area contributed by atoms with Crippen LogP contribution in [0.15, 0.2) is 18.2 Å². The van der Waals surface area contributed by atoms with Crippen molar-refractivity contribution in [3.05, 3.63) is 29.3 Å². The van der Waals surface area contributed by atoms with Crippen molar-refractivity contribution in [2.45, 2.75) is 18.8 Å². The molecule has 1 atom stereocenters. The average molecular weight is 370 g/mol. The van der Waals surface area contributed by atoms with Crippen molar-refractivity contribution in [2.75, 3.05) is 18.4 Å². The predicted molar refractivity (Wildman–Crippen MR) is 72.8 cm³/mol. The van der Waals surface area contributed by atoms with Gasteiger partial charge in [0.05, 0.1) is 17.0 Å². The van der Waals surface area contributed by atoms with Gasteiger partial charge in [-0.25, -0.2) is 4.79 Å². The zero-order valence-electron chi connectivity index (χ0n) is 12.4. The third-order valence-electron chi connectivity index (χ3n) is 3.66. The van der Waals surface area contributed by atoms with E-state index >= 15 is 0 Å². The maximum Gasteiger partial charge on any atom is 0.416 e. The summed E-state index contributed by atoms with van der Waals surface area (Å²) in [6, 6.07) is -0.238. The largest absolute Gasteiger partial charge is 0.481 e. The van der Waals surface area contributed by atoms with Gasteiger partial charge in [0.1, 0.15) is 0 Å². The molecule has 1 saturated heterocycles. The molecular weight excluding hydrogens is 358 g/mol. The summed E-state index contributed by atoms with van der Waals surface area (Å²) in [6.07, 6.45) is -9.90. The fourth-order valence-electron chi connectivity index (χ4n) is 2.38. The topological polar surface area (TPSA) is 69.6 Å². The fraction of sp³-hybridized carbons (Fsp3) is 0.429. The Hall–Kier alpha value is -2.46. The Morgan fingerprint density at radius 2 is 1.56 bits per heavy atom. The summed E-state index contributed by atoms with van der Waals surface area (Å²) >= 11 is 0. The second kappa shape index (κ2) is 6.45. The monoisotopic (exact) mass is 370 g/mol. The van der Waals surface area contributed by atoms with E-state index in [0.29, 0.717) is 12.1 Å². The Kier molecular flexibility index (Phi) is 4.87. The number of alkyl halides is 6. The van der Waals surface area contributed by atoms with Crippen LogP contribution < -0.4 is 5.32 Å². The van der Waals surface area contributed by atoms with Crippen LogP contribution in [0.1, 0.15) is 17.5 Å². The first-order valence-corrected chi connectivity index (χ1v) is 6.96. The molecule has 1 heterocycles. The first-order chi connectivity index (χ1) is 11.4. The number of halogens is 6. The van der Waals surface area contributed by atoms with Crippen molar-refractivity contribution in [3.63, 3.8) is 0 Å². The minimum Gasteiger partial charge on any atom is -0.481 e. The summed E-state index contributed by atoms with van der Waals surface area (Å²) in [5.41, 5.74) is -3.78. The summed E-state index contributed by atoms with van der Waals surface area (Å²) in [5.74, 6) is -1.95. The molecule has 2 amide bonds. The van der Waals surface area contributed by atoms with Crippen molar-refractivity contribution in [3.8, 4) is 0 Å². The van der Waals surface area contributed by atoms with Crippen LogP contribution in [0.25, 0.3) is 0 Å². The molecule has 0 bridgehead atoms. The third-order valence-corrected chi connectivity index (χ3v) is 3.66. The van der Waals surface area contributed by atoms with Gasteiger partial charge in [0, 0.05) is 18.8 Å². The number of likely N-dealkylation sites (tertiary alicyclic amines) is 1. The van der Waals surface area contributed by atoms with Gasteiger partial charge in [0.2, 0.25) is 0 Å². The second-order valence-corrected chi connectivity index (χ2v) is 5.49. The number of carbonyl (C=O) groups excluding carboxylic acids is 1. The Bertz CT molecular complexity index is 654. The number of hydrogen-bond acceptors (Lipinski definition) is 2. The lowest BCUT2D eigenvalue weighted by Crippen LogP contribution is -2.34. The van der Waals surface area contributed by atoms with Gasteiger partial charge < -0.3 is 15.3 Å². The lowest BCUT2D eigenvalue weighted by atomic mass is 10.1. The van der Waals surface area contributed by atoms with Gasteiger partial charge >= 0.3 is 24.4 Å². The summed E-state index contributed by atoms with van der Waals surface area (Å²) in [4.78, 5) is 23.8. The normalized spacial score (nSPS) is 18.3. The highest BCUT2D eigenvalue weighted by Gasteiger charge is 2.37. The molecule has 2 N–H and O–H groups in total. The lowest BCUT2D eigenvalue weighted by Gasteiger charge is -2.19. The summed E-state index contributed by atoms with van der Waals surface area (Å²) in [5, 5.41) is 10.8. The number of carboxylic acids is 1. The van der Waals surface area contributed by atoms with E-state index in [-0.39, 0.29) is 25.6 Å². The molecule has 0 saturated carbocycles. The van der Waals surface area contributed by atoms with Crippen LogP contribution in [0.5, 0.6) is 0 Å². The van der Waals surface area contributed by atoms with Crippen molar-refractivity contribution in [1.29, 1.82) is 0 Å². The molecule has 1 aromatic carbocycles. The van der Waals surface area contributed by atoms with Crippen molar-refractivity contribution >= 4 is 17.7 Å². The number of amides is 2. The molecule has 1 aromatic rings. The highest BCUT2D eigenvalue weighted by atomic mass is 19.4. The Morgan fingerprint density at radius 3 is 1.96 bits per heavy atom. The van der Waals surface area contributed by atoms with Crippen molar-refractivity contribution < 1.29 is 41.0 Å². The number of hydrogen-bond donors (Lipinski definition) is 2. The van der Waals surface area contributed by atoms with Gasteiger partial charge in [-0.15, -0.1) is 0 Å². The number of benzene rings is 1. The van der Waals surface area contributed by atoms with Crippen LogP contribution in [0, 0.1) is 5.92 Å². The van der Waals surface area contributed by atoms with E-state index in [4.69, 9.17) is 5.11 Å². The smallest absolute Gasteiger partial charge is 0.416 e. The summed E-state index contributed by atoms with van der Waals surface area (Å²) in [6.45, 7) is -0.139. The number of anilines is 1. The fourth-order valence-corrected chi connectivity index (χ4v) is 2.38. The predicted octanol–water partition coefficient (Wildman–Crippen LogP) is 3.66. The van der Waals surface area contributed by atoms with Crippen LogP contribution >= 0.6 is 0 Å². The van der Waals surface area contributed by atoms with Crippen molar-refractivity contribution in [2.24, 2.45) is 5.92 Å². The standard InChI is InChI=1S/C14H12F6N2O3/c15-13(16,17)8-3-9(14(18,19)20)5-10(4-8)21-12(25)22-2-1-7(6-22)11(23)24/h3-5,7H,1-2,6H2,(H,21,25)(H,23,24). The van der Waals surface area contributed by atoms with E-state index in [2.05, 4.69) is 0 Å². The number of carboxylic acid groups (broad SMARTS) is 1. The number of urea groups is 1. The number of aliphatic carboxylic acids is 1. The van der Waals surface area contributed by atoms with E-state index in [1.807, 2.05) is 5.32 Å². The highest BCUT2D eigenvalue weighted by molar-refractivity contribution is 5.90. The molecule has 1 aliphatic heterocycles. The van der Waals surface area contributed by atoms with E-state index in [9.17, 15) is 35.9 Å². The van der Waals surface area contributed by atoms with E-state index in [1.165, 1.54) is 0 Å². The van der Waals surface area contributed by atoms with Gasteiger partial charge in [-0.1, -0.05) is 0 Å². The SMILES string of the molecule is O=C(O)C1CCN(C(=O)Nc2cc(C(F)(F)F)cc(C(F)(F)F)c2)C1. The minimum atomic E-state index is -5.03. The van der Waals surface area contributed by atoms with Crippen LogP contribution in [0.3, 0.4) is 0 Å². The van der Waals surface area contributed by atoms with E-state index in [1.54, 1.807) is 0 Å². The molecule has 25 heavy (non-hydrogen) atoms. The summed E-state index contributed by atoms with van der Waals surface area (Å²) in [7, 11) is 0. The number of rotatable bonds is 2. The molecular formula is C14H12F6N2O3. The van der Waals surface area contributed by atoms with Gasteiger partial charge in [-0.3, -0.25) is 4.79 Å². The van der Waals surface area contributed by atoms with Crippen molar-refractivity contribution in [1.82, 2.24) is 4.90 Å². The number of nitrogens with zero attached hydrogens (tertiary/aromatic N) is 1. The Labute approximate surface area is 137 Å². The Morgan fingerprint density at radius 1 is 1.04 bits per heavy atom. The van der Waals surface area contributed by atoms with Gasteiger partial charge in [0.15, 0.2) is 0 Å². The molecule has 5 nitrogen and oxygen atoms in total. The average Bonchev–Trinajstić information content (AvgIpc) is 2.95. The molecule has 1 unspecified atom stereocenters. The first kappa shape index (κ1) is 18.9. The molecule has 0 radical (unpaired) electrons. The quantitative estimate of drug-likeness (QED) is 0.781. The zero-order valence-corrected chi connectivity index (χ0v) is 12.4. The molecule has 2 rings (SSSR count). The van der Waals surface area contributed by atoms with Crippen LogP contribution in [-0.2, 0) is 17.1 Å². The van der Waals surface area contributed by atoms with Crippen LogP contribution in [0.4, 0.5) is 36.8 Å². The zero-order chi connectivity index (χ0) is 19.0. The molecule has 11 heteroatoms. The van der Waals surface area contributed by atoms with E-state index in [0.717, 1.165) is 4.90 Å². The second-order valence-electron chi connectivity index (χ2n) is 5.49. The maximum atomic E-state index is 12.8. The van der Waals surface area contributed by atoms with E-state index < -0.39 is 47.1 Å². The van der Waals surface area contributed by atoms with Gasteiger partial charge in [0.25, 0.3) is 0 Å².